The number of nitrogens with zero attached hydrogens (tertiary/aromatic N) is 2. The molecule has 3 rings (SSSR count). The maximum absolute atomic E-state index is 14.1. The van der Waals surface area contributed by atoms with Crippen molar-refractivity contribution in [3.8, 4) is 6.07 Å². The fraction of sp³-hybridized carbons (Fsp3) is 0.235. The first kappa shape index (κ1) is 16.4. The number of nitrogens with two attached hydrogens (primary N) is 1. The van der Waals surface area contributed by atoms with Crippen LogP contribution in [0.3, 0.4) is 0 Å². The Bertz CT molecular complexity index is 951. The molecule has 1 atom stereocenters. The second-order valence-corrected chi connectivity index (χ2v) is 7.50. The van der Waals surface area contributed by atoms with Crippen LogP contribution in [0.5, 0.6) is 0 Å². The molecule has 0 aromatic heterocycles. The van der Waals surface area contributed by atoms with E-state index in [9.17, 15) is 12.8 Å². The number of hydrogen-bond donors (Lipinski definition) is 1. The van der Waals surface area contributed by atoms with Gasteiger partial charge in [0.2, 0.25) is 10.0 Å². The zero-order valence-electron chi connectivity index (χ0n) is 13.0. The molecule has 2 aromatic rings. The number of fused-ring (bicyclic) bond motifs is 1. The molecule has 0 unspecified atom stereocenters. The summed E-state index contributed by atoms with van der Waals surface area (Å²) in [5.74, 6) is -0.421. The molecule has 0 radical (unpaired) electrons. The van der Waals surface area contributed by atoms with Crippen LogP contribution in [0.4, 0.5) is 10.1 Å². The molecule has 1 aliphatic rings. The van der Waals surface area contributed by atoms with Crippen LogP contribution in [-0.2, 0) is 23.0 Å². The van der Waals surface area contributed by atoms with Crippen molar-refractivity contribution in [3.05, 3.63) is 58.9 Å². The summed E-state index contributed by atoms with van der Waals surface area (Å²) in [5, 5.41) is 14.0. The van der Waals surface area contributed by atoms with Gasteiger partial charge >= 0.3 is 0 Å². The van der Waals surface area contributed by atoms with Crippen molar-refractivity contribution in [1.82, 2.24) is 0 Å². The van der Waals surface area contributed by atoms with Crippen LogP contribution in [0.25, 0.3) is 0 Å². The standard InChI is InChI=1S/C17H16FN3O2S/c1-11-6-14-8-15(24(20,22)23)4-5-17(14)21(11)10-13-3-2-12(9-19)7-16(13)18/h2-5,7-8,11H,6,10H2,1H3,(H2,20,22,23)/t11-/m0/s1. The van der Waals surface area contributed by atoms with E-state index < -0.39 is 15.8 Å². The van der Waals surface area contributed by atoms with Gasteiger partial charge in [-0.3, -0.25) is 0 Å². The van der Waals surface area contributed by atoms with E-state index >= 15 is 0 Å². The maximum atomic E-state index is 14.1. The van der Waals surface area contributed by atoms with Crippen LogP contribution >= 0.6 is 0 Å². The third kappa shape index (κ3) is 2.98. The van der Waals surface area contributed by atoms with E-state index in [1.54, 1.807) is 24.3 Å². The van der Waals surface area contributed by atoms with Gasteiger partial charge in [0.25, 0.3) is 0 Å². The van der Waals surface area contributed by atoms with Gasteiger partial charge in [-0.25, -0.2) is 17.9 Å². The Balaban J connectivity index is 1.93. The number of benzene rings is 2. The molecule has 5 nitrogen and oxygen atoms in total. The van der Waals surface area contributed by atoms with Crippen molar-refractivity contribution in [2.24, 2.45) is 5.14 Å². The zero-order valence-corrected chi connectivity index (χ0v) is 13.8. The fourth-order valence-corrected chi connectivity index (χ4v) is 3.58. The third-order valence-corrected chi connectivity index (χ3v) is 5.17. The van der Waals surface area contributed by atoms with Crippen LogP contribution < -0.4 is 10.0 Å². The van der Waals surface area contributed by atoms with Crippen molar-refractivity contribution in [3.63, 3.8) is 0 Å². The van der Waals surface area contributed by atoms with Crippen molar-refractivity contribution >= 4 is 15.7 Å². The molecule has 7 heteroatoms. The highest BCUT2D eigenvalue weighted by Gasteiger charge is 2.27. The van der Waals surface area contributed by atoms with E-state index in [1.807, 2.05) is 17.9 Å². The molecule has 1 heterocycles. The zero-order chi connectivity index (χ0) is 17.5. The Morgan fingerprint density at radius 3 is 2.71 bits per heavy atom. The third-order valence-electron chi connectivity index (χ3n) is 4.26. The Kier molecular flexibility index (Phi) is 4.03. The van der Waals surface area contributed by atoms with Gasteiger partial charge in [-0.15, -0.1) is 0 Å². The van der Waals surface area contributed by atoms with Crippen molar-refractivity contribution in [2.75, 3.05) is 4.90 Å². The smallest absolute Gasteiger partial charge is 0.238 e. The SMILES string of the molecule is C[C@H]1Cc2cc(S(N)(=O)=O)ccc2N1Cc1ccc(C#N)cc1F. The van der Waals surface area contributed by atoms with Gasteiger partial charge in [-0.05, 0) is 49.2 Å². The molecule has 124 valence electrons. The van der Waals surface area contributed by atoms with E-state index in [-0.39, 0.29) is 16.5 Å². The number of sulfonamides is 1. The molecular formula is C17H16FN3O2S. The van der Waals surface area contributed by atoms with Crippen molar-refractivity contribution in [1.29, 1.82) is 5.26 Å². The molecular weight excluding hydrogens is 329 g/mol. The van der Waals surface area contributed by atoms with Gasteiger partial charge in [-0.2, -0.15) is 5.26 Å². The minimum absolute atomic E-state index is 0.0832. The second kappa shape index (κ2) is 5.89. The van der Waals surface area contributed by atoms with Crippen molar-refractivity contribution in [2.45, 2.75) is 30.8 Å². The molecule has 2 N–H and O–H groups in total. The highest BCUT2D eigenvalue weighted by molar-refractivity contribution is 7.89. The van der Waals surface area contributed by atoms with E-state index in [0.717, 1.165) is 11.3 Å². The highest BCUT2D eigenvalue weighted by Crippen LogP contribution is 2.35. The van der Waals surface area contributed by atoms with Crippen LogP contribution in [0.1, 0.15) is 23.6 Å². The predicted octanol–water partition coefficient (Wildman–Crippen LogP) is 2.30. The topological polar surface area (TPSA) is 87.2 Å². The Morgan fingerprint density at radius 1 is 1.33 bits per heavy atom. The summed E-state index contributed by atoms with van der Waals surface area (Å²) in [6, 6.07) is 11.2. The Labute approximate surface area is 140 Å². The first-order valence-corrected chi connectivity index (χ1v) is 8.95. The van der Waals surface area contributed by atoms with Gasteiger partial charge in [0.05, 0.1) is 16.5 Å². The molecule has 0 bridgehead atoms. The van der Waals surface area contributed by atoms with E-state index in [4.69, 9.17) is 10.4 Å². The summed E-state index contributed by atoms with van der Waals surface area (Å²) in [6.07, 6.45) is 0.663. The summed E-state index contributed by atoms with van der Waals surface area (Å²) in [4.78, 5) is 2.10. The second-order valence-electron chi connectivity index (χ2n) is 5.93. The summed E-state index contributed by atoms with van der Waals surface area (Å²) < 4.78 is 37.1. The molecule has 0 amide bonds. The number of anilines is 1. The lowest BCUT2D eigenvalue weighted by atomic mass is 10.1. The van der Waals surface area contributed by atoms with Crippen LogP contribution in [0.2, 0.25) is 0 Å². The minimum Gasteiger partial charge on any atom is -0.364 e. The lowest BCUT2D eigenvalue weighted by Gasteiger charge is -2.25. The number of primary sulfonamides is 1. The monoisotopic (exact) mass is 345 g/mol. The summed E-state index contributed by atoms with van der Waals surface area (Å²) in [7, 11) is -3.74. The number of halogens is 1. The van der Waals surface area contributed by atoms with Crippen LogP contribution in [0, 0.1) is 17.1 Å². The first-order valence-electron chi connectivity index (χ1n) is 7.40. The molecule has 1 aliphatic heterocycles. The summed E-state index contributed by atoms with van der Waals surface area (Å²) >= 11 is 0. The normalized spacial score (nSPS) is 16.8. The molecule has 0 saturated heterocycles. The lowest BCUT2D eigenvalue weighted by Crippen LogP contribution is -2.29. The van der Waals surface area contributed by atoms with E-state index in [1.165, 1.54) is 12.1 Å². The quantitative estimate of drug-likeness (QED) is 0.924. The van der Waals surface area contributed by atoms with Gasteiger partial charge < -0.3 is 4.90 Å². The molecule has 0 aliphatic carbocycles. The predicted molar refractivity (Wildman–Crippen MR) is 88.3 cm³/mol. The minimum atomic E-state index is -3.74. The summed E-state index contributed by atoms with van der Waals surface area (Å²) in [6.45, 7) is 2.35. The van der Waals surface area contributed by atoms with E-state index in [2.05, 4.69) is 0 Å². The Morgan fingerprint density at radius 2 is 2.08 bits per heavy atom. The molecule has 0 fully saturated rings. The Hall–Kier alpha value is -2.43. The average Bonchev–Trinajstić information content (AvgIpc) is 2.83. The fourth-order valence-electron chi connectivity index (χ4n) is 3.02. The number of hydrogen-bond acceptors (Lipinski definition) is 4. The molecule has 0 saturated carbocycles. The van der Waals surface area contributed by atoms with Gasteiger partial charge in [0.15, 0.2) is 0 Å². The van der Waals surface area contributed by atoms with Crippen LogP contribution in [-0.4, -0.2) is 14.5 Å². The lowest BCUT2D eigenvalue weighted by molar-refractivity contribution is 0.592. The molecule has 2 aromatic carbocycles. The largest absolute Gasteiger partial charge is 0.364 e. The maximum Gasteiger partial charge on any atom is 0.238 e. The molecule has 24 heavy (non-hydrogen) atoms. The van der Waals surface area contributed by atoms with Crippen LogP contribution in [0.15, 0.2) is 41.3 Å². The average molecular weight is 345 g/mol. The number of nitriles is 1. The highest BCUT2D eigenvalue weighted by atomic mass is 32.2. The van der Waals surface area contributed by atoms with Gasteiger partial charge in [0.1, 0.15) is 5.82 Å². The van der Waals surface area contributed by atoms with Gasteiger partial charge in [-0.1, -0.05) is 6.07 Å². The number of rotatable bonds is 3. The van der Waals surface area contributed by atoms with Gasteiger partial charge in [0, 0.05) is 23.8 Å². The van der Waals surface area contributed by atoms with Crippen molar-refractivity contribution < 1.29 is 12.8 Å². The summed E-state index contributed by atoms with van der Waals surface area (Å²) in [5.41, 5.74) is 2.52. The van der Waals surface area contributed by atoms with E-state index in [0.29, 0.717) is 18.5 Å². The first-order chi connectivity index (χ1) is 11.3. The molecule has 0 spiro atoms.